The molecule has 0 aromatic heterocycles. The zero-order valence-corrected chi connectivity index (χ0v) is 25.8. The van der Waals surface area contributed by atoms with Crippen LogP contribution in [-0.2, 0) is 5.41 Å². The van der Waals surface area contributed by atoms with Crippen molar-refractivity contribution in [1.82, 2.24) is 0 Å². The molecule has 3 rings (SSSR count). The van der Waals surface area contributed by atoms with Gasteiger partial charge in [-0.05, 0) is 88.5 Å². The van der Waals surface area contributed by atoms with Crippen molar-refractivity contribution in [3.8, 4) is 11.1 Å². The Morgan fingerprint density at radius 2 is 0.919 bits per heavy atom. The number of fused-ring (bicyclic) bond motifs is 3. The summed E-state index contributed by atoms with van der Waals surface area (Å²) in [5.41, 5.74) is 9.27. The van der Waals surface area contributed by atoms with Crippen LogP contribution in [0.3, 0.4) is 0 Å². The highest BCUT2D eigenvalue weighted by molar-refractivity contribution is 5.81. The summed E-state index contributed by atoms with van der Waals surface area (Å²) in [6.45, 7) is 14.2. The van der Waals surface area contributed by atoms with E-state index in [-0.39, 0.29) is 5.41 Å². The molecular formula is C35H58N2+2. The summed E-state index contributed by atoms with van der Waals surface area (Å²) in [5, 5.41) is 0. The summed E-state index contributed by atoms with van der Waals surface area (Å²) in [7, 11) is 9.48. The monoisotopic (exact) mass is 506 g/mol. The third kappa shape index (κ3) is 7.70. The van der Waals surface area contributed by atoms with Gasteiger partial charge in [-0.25, -0.2) is 0 Å². The fourth-order valence-electron chi connectivity index (χ4n) is 6.34. The summed E-state index contributed by atoms with van der Waals surface area (Å²) in [6.07, 6.45) is 13.4. The molecule has 0 spiro atoms. The quantitative estimate of drug-likeness (QED) is 0.158. The maximum absolute atomic E-state index is 2.53. The Morgan fingerprint density at radius 1 is 0.541 bits per heavy atom. The Balaban J connectivity index is 1.74. The van der Waals surface area contributed by atoms with E-state index >= 15 is 0 Å². The van der Waals surface area contributed by atoms with Crippen LogP contribution in [-0.4, -0.2) is 63.3 Å². The number of quaternary nitrogens is 2. The van der Waals surface area contributed by atoms with Crippen molar-refractivity contribution in [2.75, 3.05) is 54.4 Å². The molecular weight excluding hydrogens is 448 g/mol. The molecule has 2 aromatic carbocycles. The van der Waals surface area contributed by atoms with Gasteiger partial charge in [-0.15, -0.1) is 0 Å². The second kappa shape index (κ2) is 12.9. The van der Waals surface area contributed by atoms with E-state index in [4.69, 9.17) is 0 Å². The first-order valence-electron chi connectivity index (χ1n) is 15.4. The van der Waals surface area contributed by atoms with Crippen molar-refractivity contribution in [2.24, 2.45) is 0 Å². The molecule has 0 bridgehead atoms. The number of aryl methyl sites for hydroxylation is 2. The maximum atomic E-state index is 2.53. The molecule has 2 nitrogen and oxygen atoms in total. The number of rotatable bonds is 16. The van der Waals surface area contributed by atoms with E-state index in [0.717, 1.165) is 8.97 Å². The molecule has 0 radical (unpaired) electrons. The molecule has 206 valence electrons. The number of nitrogens with zero attached hydrogens (tertiary/aromatic N) is 2. The van der Waals surface area contributed by atoms with Crippen molar-refractivity contribution < 1.29 is 8.97 Å². The smallest absolute Gasteiger partial charge is 0.0782 e. The number of benzene rings is 2. The Kier molecular flexibility index (Phi) is 10.5. The van der Waals surface area contributed by atoms with Crippen molar-refractivity contribution in [2.45, 2.75) is 97.3 Å². The van der Waals surface area contributed by atoms with Gasteiger partial charge in [-0.1, -0.05) is 73.2 Å². The number of hydrogen-bond donors (Lipinski definition) is 0. The van der Waals surface area contributed by atoms with Crippen molar-refractivity contribution >= 4 is 0 Å². The predicted molar refractivity (Wildman–Crippen MR) is 163 cm³/mol. The van der Waals surface area contributed by atoms with Crippen LogP contribution < -0.4 is 0 Å². The Hall–Kier alpha value is -1.64. The molecule has 0 N–H and O–H groups in total. The molecule has 0 saturated carbocycles. The molecule has 0 amide bonds. The second-order valence-electron chi connectivity index (χ2n) is 13.5. The van der Waals surface area contributed by atoms with E-state index in [1.807, 2.05) is 0 Å². The highest BCUT2D eigenvalue weighted by Crippen LogP contribution is 2.54. The second-order valence-corrected chi connectivity index (χ2v) is 13.5. The van der Waals surface area contributed by atoms with Crippen LogP contribution in [0.4, 0.5) is 0 Å². The average molecular weight is 507 g/mol. The van der Waals surface area contributed by atoms with Gasteiger partial charge in [0, 0.05) is 5.41 Å². The Morgan fingerprint density at radius 3 is 1.30 bits per heavy atom. The van der Waals surface area contributed by atoms with Gasteiger partial charge in [0.15, 0.2) is 0 Å². The van der Waals surface area contributed by atoms with Crippen LogP contribution in [0.15, 0.2) is 36.4 Å². The van der Waals surface area contributed by atoms with Crippen LogP contribution >= 0.6 is 0 Å². The van der Waals surface area contributed by atoms with Crippen LogP contribution in [0.5, 0.6) is 0 Å². The molecule has 0 aliphatic heterocycles. The molecule has 0 saturated heterocycles. The molecule has 1 aliphatic carbocycles. The topological polar surface area (TPSA) is 0 Å². The van der Waals surface area contributed by atoms with Gasteiger partial charge in [-0.3, -0.25) is 0 Å². The molecule has 0 heterocycles. The Bertz CT molecular complexity index is 919. The summed E-state index contributed by atoms with van der Waals surface area (Å²) < 4.78 is 2.30. The van der Waals surface area contributed by atoms with Crippen LogP contribution in [0.25, 0.3) is 11.1 Å². The summed E-state index contributed by atoms with van der Waals surface area (Å²) >= 11 is 0. The third-order valence-corrected chi connectivity index (χ3v) is 9.62. The van der Waals surface area contributed by atoms with Crippen LogP contribution in [0, 0.1) is 13.8 Å². The molecule has 0 unspecified atom stereocenters. The van der Waals surface area contributed by atoms with E-state index in [2.05, 4.69) is 92.3 Å². The van der Waals surface area contributed by atoms with Gasteiger partial charge >= 0.3 is 0 Å². The van der Waals surface area contributed by atoms with Crippen LogP contribution in [0.2, 0.25) is 0 Å². The van der Waals surface area contributed by atoms with E-state index in [1.54, 1.807) is 11.1 Å². The molecule has 0 fully saturated rings. The Labute approximate surface area is 230 Å². The van der Waals surface area contributed by atoms with E-state index in [1.165, 1.54) is 113 Å². The van der Waals surface area contributed by atoms with Crippen molar-refractivity contribution in [3.63, 3.8) is 0 Å². The zero-order valence-electron chi connectivity index (χ0n) is 25.8. The third-order valence-electron chi connectivity index (χ3n) is 9.62. The standard InChI is InChI=1S/C35H58N2/c1-9-36(5,6)25-17-13-11-15-23-35(24-16-12-14-18-26-37(7,8)10-2)33-27-29(3)19-21-31(33)32-22-20-30(4)28-34(32)35/h19-22,27-28H,9-18,23-26H2,1-8H3/q+2. The first-order valence-corrected chi connectivity index (χ1v) is 15.4. The minimum Gasteiger partial charge on any atom is -0.329 e. The SMILES string of the molecule is CC[N+](C)(C)CCCCCCC1(CCCCCC[N+](C)(C)CC)c2cc(C)ccc2-c2ccc(C)cc21. The van der Waals surface area contributed by atoms with Gasteiger partial charge in [0.1, 0.15) is 0 Å². The van der Waals surface area contributed by atoms with Crippen LogP contribution in [0.1, 0.15) is 100 Å². The van der Waals surface area contributed by atoms with E-state index in [0.29, 0.717) is 0 Å². The maximum Gasteiger partial charge on any atom is 0.0782 e. The van der Waals surface area contributed by atoms with Gasteiger partial charge in [0.2, 0.25) is 0 Å². The minimum atomic E-state index is 0.195. The number of unbranched alkanes of at least 4 members (excludes halogenated alkanes) is 6. The van der Waals surface area contributed by atoms with Gasteiger partial charge < -0.3 is 8.97 Å². The van der Waals surface area contributed by atoms with Gasteiger partial charge in [-0.2, -0.15) is 0 Å². The molecule has 0 atom stereocenters. The average Bonchev–Trinajstić information content (AvgIpc) is 3.11. The summed E-state index contributed by atoms with van der Waals surface area (Å²) in [5.74, 6) is 0. The van der Waals surface area contributed by atoms with E-state index in [9.17, 15) is 0 Å². The molecule has 37 heavy (non-hydrogen) atoms. The van der Waals surface area contributed by atoms with Crippen molar-refractivity contribution in [3.05, 3.63) is 58.7 Å². The van der Waals surface area contributed by atoms with Gasteiger partial charge in [0.25, 0.3) is 0 Å². The summed E-state index contributed by atoms with van der Waals surface area (Å²) in [4.78, 5) is 0. The minimum absolute atomic E-state index is 0.195. The van der Waals surface area contributed by atoms with Gasteiger partial charge in [0.05, 0.1) is 54.4 Å². The highest BCUT2D eigenvalue weighted by atomic mass is 15.3. The molecule has 2 heteroatoms. The highest BCUT2D eigenvalue weighted by Gasteiger charge is 2.42. The van der Waals surface area contributed by atoms with Crippen molar-refractivity contribution in [1.29, 1.82) is 0 Å². The lowest BCUT2D eigenvalue weighted by atomic mass is 9.70. The first-order chi connectivity index (χ1) is 17.5. The lowest BCUT2D eigenvalue weighted by Gasteiger charge is -2.33. The fraction of sp³-hybridized carbons (Fsp3) is 0.657. The zero-order chi connectivity index (χ0) is 27.1. The van der Waals surface area contributed by atoms with E-state index < -0.39 is 0 Å². The summed E-state index contributed by atoms with van der Waals surface area (Å²) in [6, 6.07) is 14.5. The number of hydrogen-bond acceptors (Lipinski definition) is 0. The predicted octanol–water partition coefficient (Wildman–Crippen LogP) is 8.66. The molecule has 2 aromatic rings. The molecule has 1 aliphatic rings. The lowest BCUT2D eigenvalue weighted by Crippen LogP contribution is -2.39. The first kappa shape index (κ1) is 29.9. The fourth-order valence-corrected chi connectivity index (χ4v) is 6.34. The largest absolute Gasteiger partial charge is 0.329 e. The normalized spacial score (nSPS) is 14.6. The lowest BCUT2D eigenvalue weighted by molar-refractivity contribution is -0.888.